The van der Waals surface area contributed by atoms with Crippen molar-refractivity contribution < 1.29 is 4.79 Å². The van der Waals surface area contributed by atoms with Crippen molar-refractivity contribution in [2.24, 2.45) is 16.7 Å². The minimum absolute atomic E-state index is 0.0196. The molecule has 1 aliphatic carbocycles. The van der Waals surface area contributed by atoms with Crippen LogP contribution in [-0.4, -0.2) is 28.8 Å². The van der Waals surface area contributed by atoms with Crippen molar-refractivity contribution in [1.82, 2.24) is 9.97 Å². The molecule has 0 bridgehead atoms. The Morgan fingerprint density at radius 2 is 2.13 bits per heavy atom. The molecule has 120 valence electrons. The summed E-state index contributed by atoms with van der Waals surface area (Å²) in [7, 11) is 0. The van der Waals surface area contributed by atoms with Crippen molar-refractivity contribution in [1.29, 1.82) is 5.26 Å². The zero-order valence-corrected chi connectivity index (χ0v) is 14.1. The van der Waals surface area contributed by atoms with Gasteiger partial charge in [0.25, 0.3) is 0 Å². The highest BCUT2D eigenvalue weighted by atomic mass is 16.1. The smallest absolute Gasteiger partial charge is 0.178 e. The van der Waals surface area contributed by atoms with Crippen LogP contribution < -0.4 is 4.90 Å². The molecule has 1 aromatic rings. The summed E-state index contributed by atoms with van der Waals surface area (Å²) in [5, 5.41) is 9.34. The molecular formula is C18H22N4O. The molecule has 1 aromatic heterocycles. The summed E-state index contributed by atoms with van der Waals surface area (Å²) in [4.78, 5) is 23.5. The predicted molar refractivity (Wildman–Crippen MR) is 87.7 cm³/mol. The molecule has 0 spiro atoms. The fraction of sp³-hybridized carbons (Fsp3) is 0.556. The van der Waals surface area contributed by atoms with Crippen molar-refractivity contribution in [2.45, 2.75) is 34.1 Å². The van der Waals surface area contributed by atoms with E-state index in [1.807, 2.05) is 32.9 Å². The summed E-state index contributed by atoms with van der Waals surface area (Å²) >= 11 is 0. The van der Waals surface area contributed by atoms with Gasteiger partial charge in [-0.25, -0.2) is 9.97 Å². The Morgan fingerprint density at radius 1 is 1.39 bits per heavy atom. The maximum Gasteiger partial charge on any atom is 0.178 e. The Balaban J connectivity index is 1.99. The molecule has 0 amide bonds. The monoisotopic (exact) mass is 310 g/mol. The number of Topliss-reactive ketones (excluding diaryl/α,β-unsaturated/α-hetero) is 1. The lowest BCUT2D eigenvalue weighted by molar-refractivity contribution is -0.130. The third-order valence-corrected chi connectivity index (χ3v) is 5.40. The summed E-state index contributed by atoms with van der Waals surface area (Å²) in [5.41, 5.74) is -0.406. The molecule has 5 heteroatoms. The van der Waals surface area contributed by atoms with Gasteiger partial charge in [0, 0.05) is 30.1 Å². The minimum Gasteiger partial charge on any atom is -0.356 e. The van der Waals surface area contributed by atoms with E-state index in [9.17, 15) is 10.1 Å². The van der Waals surface area contributed by atoms with Gasteiger partial charge in [0.15, 0.2) is 5.78 Å². The summed E-state index contributed by atoms with van der Waals surface area (Å²) in [5.74, 6) is 1.88. The second-order valence-corrected chi connectivity index (χ2v) is 7.45. The largest absolute Gasteiger partial charge is 0.356 e. The van der Waals surface area contributed by atoms with Gasteiger partial charge in [0.2, 0.25) is 0 Å². The number of ketones is 1. The van der Waals surface area contributed by atoms with Gasteiger partial charge in [-0.2, -0.15) is 5.26 Å². The summed E-state index contributed by atoms with van der Waals surface area (Å²) in [6.07, 6.45) is 4.58. The van der Waals surface area contributed by atoms with Crippen LogP contribution in [0.25, 0.3) is 0 Å². The molecule has 0 saturated carbocycles. The standard InChI is InChI=1S/C18H22N4O/c1-12-20-7-5-15(21-12)22-8-6-14-17(2,3)16(23)13(10-19)9-18(14,4)11-22/h5,7,9,14H,6,8,11H2,1-4H3/t14-,18+/m1/s1. The molecular weight excluding hydrogens is 288 g/mol. The van der Waals surface area contributed by atoms with E-state index < -0.39 is 5.41 Å². The molecule has 1 fully saturated rings. The van der Waals surface area contributed by atoms with Crippen LogP contribution in [0.4, 0.5) is 5.82 Å². The number of aryl methyl sites for hydroxylation is 1. The van der Waals surface area contributed by atoms with Gasteiger partial charge in [-0.1, -0.05) is 26.8 Å². The van der Waals surface area contributed by atoms with Gasteiger partial charge < -0.3 is 4.90 Å². The third kappa shape index (κ3) is 2.42. The van der Waals surface area contributed by atoms with Crippen LogP contribution in [0, 0.1) is 35.0 Å². The molecule has 0 N–H and O–H groups in total. The zero-order chi connectivity index (χ0) is 16.8. The maximum absolute atomic E-state index is 12.5. The summed E-state index contributed by atoms with van der Waals surface area (Å²) in [6.45, 7) is 9.62. The Morgan fingerprint density at radius 3 is 2.78 bits per heavy atom. The van der Waals surface area contributed by atoms with Crippen molar-refractivity contribution in [3.8, 4) is 6.07 Å². The minimum atomic E-state index is -0.498. The zero-order valence-electron chi connectivity index (χ0n) is 14.1. The van der Waals surface area contributed by atoms with Crippen LogP contribution in [0.15, 0.2) is 23.9 Å². The number of hydrogen-bond donors (Lipinski definition) is 0. The Labute approximate surface area is 137 Å². The molecule has 3 rings (SSSR count). The highest BCUT2D eigenvalue weighted by Crippen LogP contribution is 2.52. The normalized spacial score (nSPS) is 29.5. The van der Waals surface area contributed by atoms with E-state index in [0.29, 0.717) is 5.57 Å². The first kappa shape index (κ1) is 15.7. The number of carbonyl (C=O) groups is 1. The average molecular weight is 310 g/mol. The van der Waals surface area contributed by atoms with E-state index in [0.717, 1.165) is 31.2 Å². The number of fused-ring (bicyclic) bond motifs is 1. The molecule has 1 aliphatic heterocycles. The van der Waals surface area contributed by atoms with E-state index in [1.54, 1.807) is 6.20 Å². The van der Waals surface area contributed by atoms with Gasteiger partial charge in [0.05, 0.1) is 5.57 Å². The van der Waals surface area contributed by atoms with Gasteiger partial charge in [-0.15, -0.1) is 0 Å². The second-order valence-electron chi connectivity index (χ2n) is 7.45. The van der Waals surface area contributed by atoms with Crippen molar-refractivity contribution in [2.75, 3.05) is 18.0 Å². The maximum atomic E-state index is 12.5. The lowest BCUT2D eigenvalue weighted by Gasteiger charge is -2.53. The number of piperidine rings is 1. The molecule has 5 nitrogen and oxygen atoms in total. The van der Waals surface area contributed by atoms with Crippen LogP contribution in [0.5, 0.6) is 0 Å². The van der Waals surface area contributed by atoms with Crippen LogP contribution in [0.1, 0.15) is 33.0 Å². The summed E-state index contributed by atoms with van der Waals surface area (Å²) in [6, 6.07) is 4.02. The van der Waals surface area contributed by atoms with E-state index in [4.69, 9.17) is 0 Å². The fourth-order valence-electron chi connectivity index (χ4n) is 4.35. The molecule has 0 unspecified atom stereocenters. The predicted octanol–water partition coefficient (Wildman–Crippen LogP) is 2.68. The highest BCUT2D eigenvalue weighted by molar-refractivity contribution is 6.04. The van der Waals surface area contributed by atoms with E-state index in [-0.39, 0.29) is 17.1 Å². The third-order valence-electron chi connectivity index (χ3n) is 5.40. The lowest BCUT2D eigenvalue weighted by atomic mass is 9.55. The van der Waals surface area contributed by atoms with E-state index in [2.05, 4.69) is 27.9 Å². The molecule has 2 atom stereocenters. The number of hydrogen-bond acceptors (Lipinski definition) is 5. The molecule has 2 aliphatic rings. The second kappa shape index (κ2) is 5.16. The number of carbonyl (C=O) groups excluding carboxylic acids is 1. The molecule has 0 radical (unpaired) electrons. The van der Waals surface area contributed by atoms with Gasteiger partial charge in [-0.3, -0.25) is 4.79 Å². The van der Waals surface area contributed by atoms with Crippen LogP contribution in [0.2, 0.25) is 0 Å². The Bertz CT molecular complexity index is 731. The number of nitrogens with zero attached hydrogens (tertiary/aromatic N) is 4. The number of aromatic nitrogens is 2. The van der Waals surface area contributed by atoms with Crippen LogP contribution in [0.3, 0.4) is 0 Å². The van der Waals surface area contributed by atoms with Crippen LogP contribution >= 0.6 is 0 Å². The Hall–Kier alpha value is -2.22. The first-order valence-electron chi connectivity index (χ1n) is 8.00. The number of nitriles is 1. The first-order chi connectivity index (χ1) is 10.8. The summed E-state index contributed by atoms with van der Waals surface area (Å²) < 4.78 is 0. The highest BCUT2D eigenvalue weighted by Gasteiger charge is 2.53. The topological polar surface area (TPSA) is 69.9 Å². The van der Waals surface area contributed by atoms with Gasteiger partial charge >= 0.3 is 0 Å². The first-order valence-corrected chi connectivity index (χ1v) is 8.00. The molecule has 1 saturated heterocycles. The lowest BCUT2D eigenvalue weighted by Crippen LogP contribution is -2.56. The van der Waals surface area contributed by atoms with Gasteiger partial charge in [-0.05, 0) is 25.3 Å². The van der Waals surface area contributed by atoms with Crippen molar-refractivity contribution in [3.63, 3.8) is 0 Å². The van der Waals surface area contributed by atoms with Crippen molar-refractivity contribution >= 4 is 11.6 Å². The van der Waals surface area contributed by atoms with E-state index in [1.165, 1.54) is 0 Å². The Kier molecular flexibility index (Phi) is 3.51. The average Bonchev–Trinajstić information content (AvgIpc) is 2.50. The van der Waals surface area contributed by atoms with Crippen LogP contribution in [-0.2, 0) is 4.79 Å². The van der Waals surface area contributed by atoms with Gasteiger partial charge in [0.1, 0.15) is 17.7 Å². The SMILES string of the molecule is Cc1nccc(N2CC[C@@H]3C(C)(C)C(=O)C(C#N)=C[C@@]3(C)C2)n1. The fourth-order valence-corrected chi connectivity index (χ4v) is 4.35. The number of anilines is 1. The quantitative estimate of drug-likeness (QED) is 0.797. The van der Waals surface area contributed by atoms with Crippen molar-refractivity contribution in [3.05, 3.63) is 29.7 Å². The van der Waals surface area contributed by atoms with E-state index >= 15 is 0 Å². The molecule has 23 heavy (non-hydrogen) atoms. The number of allylic oxidation sites excluding steroid dienone is 1. The number of rotatable bonds is 1. The molecule has 2 heterocycles. The molecule has 0 aromatic carbocycles.